The van der Waals surface area contributed by atoms with E-state index in [4.69, 9.17) is 4.74 Å². The molecule has 98 valence electrons. The van der Waals surface area contributed by atoms with E-state index in [1.807, 2.05) is 13.0 Å². The van der Waals surface area contributed by atoms with Crippen molar-refractivity contribution in [3.63, 3.8) is 0 Å². The molecule has 3 nitrogen and oxygen atoms in total. The van der Waals surface area contributed by atoms with Crippen LogP contribution < -0.4 is 0 Å². The van der Waals surface area contributed by atoms with Crippen LogP contribution in [0.4, 0.5) is 0 Å². The second kappa shape index (κ2) is 5.11. The third-order valence-corrected chi connectivity index (χ3v) is 3.84. The molecule has 1 N–H and O–H groups in total. The van der Waals surface area contributed by atoms with Gasteiger partial charge < -0.3 is 9.84 Å². The number of hydrogen-bond acceptors (Lipinski definition) is 3. The molecule has 0 radical (unpaired) electrons. The van der Waals surface area contributed by atoms with Gasteiger partial charge in [-0.05, 0) is 44.8 Å². The summed E-state index contributed by atoms with van der Waals surface area (Å²) in [6.07, 6.45) is 5.61. The molecular formula is C15H20O3. The van der Waals surface area contributed by atoms with Crippen molar-refractivity contribution in [2.45, 2.75) is 45.3 Å². The van der Waals surface area contributed by atoms with Crippen molar-refractivity contribution in [3.05, 3.63) is 35.5 Å². The SMILES string of the molecule is C=C1C(=O)O[C@@H]2/C=C(\C)[C@@H](O)C/C=C(\C)CC[C@@H]12. The van der Waals surface area contributed by atoms with Gasteiger partial charge in [0.05, 0.1) is 6.10 Å². The fourth-order valence-corrected chi connectivity index (χ4v) is 2.47. The van der Waals surface area contributed by atoms with Crippen molar-refractivity contribution in [2.24, 2.45) is 5.92 Å². The van der Waals surface area contributed by atoms with E-state index in [9.17, 15) is 9.90 Å². The molecule has 0 aromatic heterocycles. The Labute approximate surface area is 108 Å². The van der Waals surface area contributed by atoms with Crippen LogP contribution in [-0.4, -0.2) is 23.3 Å². The number of aliphatic hydroxyl groups excluding tert-OH is 1. The summed E-state index contributed by atoms with van der Waals surface area (Å²) in [7, 11) is 0. The molecule has 1 aliphatic carbocycles. The Kier molecular flexibility index (Phi) is 3.71. The third-order valence-electron chi connectivity index (χ3n) is 3.84. The Hall–Kier alpha value is -1.35. The van der Waals surface area contributed by atoms with Gasteiger partial charge in [-0.25, -0.2) is 4.79 Å². The minimum atomic E-state index is -0.494. The lowest BCUT2D eigenvalue weighted by atomic mass is 9.88. The van der Waals surface area contributed by atoms with E-state index in [0.29, 0.717) is 12.0 Å². The lowest BCUT2D eigenvalue weighted by Gasteiger charge is -2.19. The summed E-state index contributed by atoms with van der Waals surface area (Å²) in [4.78, 5) is 11.6. The molecule has 1 saturated heterocycles. The molecule has 0 aromatic carbocycles. The van der Waals surface area contributed by atoms with Crippen molar-refractivity contribution in [1.29, 1.82) is 0 Å². The molecule has 0 amide bonds. The lowest BCUT2D eigenvalue weighted by Crippen LogP contribution is -2.18. The first-order valence-electron chi connectivity index (χ1n) is 6.41. The molecule has 0 spiro atoms. The van der Waals surface area contributed by atoms with Gasteiger partial charge in [0.25, 0.3) is 0 Å². The van der Waals surface area contributed by atoms with Gasteiger partial charge in [0, 0.05) is 11.5 Å². The van der Waals surface area contributed by atoms with E-state index >= 15 is 0 Å². The van der Waals surface area contributed by atoms with Gasteiger partial charge >= 0.3 is 5.97 Å². The summed E-state index contributed by atoms with van der Waals surface area (Å²) in [5.74, 6) is -0.259. The van der Waals surface area contributed by atoms with Crippen LogP contribution in [0.1, 0.15) is 33.1 Å². The zero-order valence-corrected chi connectivity index (χ0v) is 11.0. The molecule has 0 bridgehead atoms. The van der Waals surface area contributed by atoms with Crippen LogP contribution in [0.5, 0.6) is 0 Å². The standard InChI is InChI=1S/C15H20O3/c1-9-4-6-12-11(3)15(17)18-14(12)8-10(2)13(16)7-5-9/h5,8,12-14,16H,3-4,6-7H2,1-2H3/b9-5+,10-8+/t12-,13-,14+/m0/s1. The summed E-state index contributed by atoms with van der Waals surface area (Å²) in [5, 5.41) is 9.99. The minimum absolute atomic E-state index is 0.0427. The number of aliphatic hydroxyl groups is 1. The quantitative estimate of drug-likeness (QED) is 0.407. The Bertz CT molecular complexity index is 431. The second-order valence-electron chi connectivity index (χ2n) is 5.25. The van der Waals surface area contributed by atoms with Crippen LogP contribution >= 0.6 is 0 Å². The van der Waals surface area contributed by atoms with Crippen molar-refractivity contribution in [1.82, 2.24) is 0 Å². The molecule has 0 unspecified atom stereocenters. The van der Waals surface area contributed by atoms with E-state index in [2.05, 4.69) is 19.6 Å². The molecule has 18 heavy (non-hydrogen) atoms. The number of allylic oxidation sites excluding steroid dienone is 1. The Morgan fingerprint density at radius 2 is 2.17 bits per heavy atom. The minimum Gasteiger partial charge on any atom is -0.454 e. The number of ether oxygens (including phenoxy) is 1. The van der Waals surface area contributed by atoms with Crippen LogP contribution in [0, 0.1) is 5.92 Å². The van der Waals surface area contributed by atoms with Crippen molar-refractivity contribution >= 4 is 5.97 Å². The maximum atomic E-state index is 11.6. The summed E-state index contributed by atoms with van der Waals surface area (Å²) >= 11 is 0. The molecular weight excluding hydrogens is 228 g/mol. The predicted molar refractivity (Wildman–Crippen MR) is 69.9 cm³/mol. The molecule has 0 aromatic rings. The lowest BCUT2D eigenvalue weighted by molar-refractivity contribution is -0.137. The molecule has 0 saturated carbocycles. The number of fused-ring (bicyclic) bond motifs is 1. The molecule has 2 rings (SSSR count). The van der Waals surface area contributed by atoms with Gasteiger partial charge in [0.1, 0.15) is 6.10 Å². The van der Waals surface area contributed by atoms with E-state index in [1.165, 1.54) is 5.57 Å². The molecule has 1 heterocycles. The first-order valence-corrected chi connectivity index (χ1v) is 6.41. The zero-order chi connectivity index (χ0) is 13.3. The molecule has 1 fully saturated rings. The number of rotatable bonds is 0. The van der Waals surface area contributed by atoms with Crippen molar-refractivity contribution in [2.75, 3.05) is 0 Å². The summed E-state index contributed by atoms with van der Waals surface area (Å²) < 4.78 is 5.32. The van der Waals surface area contributed by atoms with Crippen LogP contribution in [0.2, 0.25) is 0 Å². The van der Waals surface area contributed by atoms with Gasteiger partial charge in [0.15, 0.2) is 0 Å². The topological polar surface area (TPSA) is 46.5 Å². The second-order valence-corrected chi connectivity index (χ2v) is 5.25. The maximum Gasteiger partial charge on any atom is 0.334 e. The first kappa shape index (κ1) is 13.1. The Balaban J connectivity index is 2.29. The Morgan fingerprint density at radius 1 is 1.44 bits per heavy atom. The molecule has 2 aliphatic rings. The fourth-order valence-electron chi connectivity index (χ4n) is 2.47. The fraction of sp³-hybridized carbons (Fsp3) is 0.533. The number of carbonyl (C=O) groups excluding carboxylic acids is 1. The molecule has 1 aliphatic heterocycles. The highest BCUT2D eigenvalue weighted by atomic mass is 16.5. The van der Waals surface area contributed by atoms with Crippen LogP contribution in [0.25, 0.3) is 0 Å². The highest BCUT2D eigenvalue weighted by molar-refractivity contribution is 5.91. The smallest absolute Gasteiger partial charge is 0.334 e. The monoisotopic (exact) mass is 248 g/mol. The van der Waals surface area contributed by atoms with Gasteiger partial charge in [-0.1, -0.05) is 18.2 Å². The van der Waals surface area contributed by atoms with E-state index in [1.54, 1.807) is 0 Å². The van der Waals surface area contributed by atoms with Gasteiger partial charge in [0.2, 0.25) is 0 Å². The molecule has 3 heteroatoms. The van der Waals surface area contributed by atoms with E-state index in [-0.39, 0.29) is 18.0 Å². The highest BCUT2D eigenvalue weighted by Crippen LogP contribution is 2.34. The number of hydrogen-bond donors (Lipinski definition) is 1. The van der Waals surface area contributed by atoms with Crippen LogP contribution in [0.3, 0.4) is 0 Å². The largest absolute Gasteiger partial charge is 0.454 e. The maximum absolute atomic E-state index is 11.6. The number of carbonyl (C=O) groups is 1. The summed E-state index contributed by atoms with van der Waals surface area (Å²) in [6.45, 7) is 7.76. The van der Waals surface area contributed by atoms with Gasteiger partial charge in [-0.2, -0.15) is 0 Å². The van der Waals surface area contributed by atoms with Gasteiger partial charge in [-0.3, -0.25) is 0 Å². The first-order chi connectivity index (χ1) is 8.49. The normalized spacial score (nSPS) is 39.2. The average Bonchev–Trinajstić information content (AvgIpc) is 2.59. The zero-order valence-electron chi connectivity index (χ0n) is 11.0. The van der Waals surface area contributed by atoms with E-state index < -0.39 is 6.10 Å². The third kappa shape index (κ3) is 2.56. The predicted octanol–water partition coefficient (Wildman–Crippen LogP) is 2.52. The highest BCUT2D eigenvalue weighted by Gasteiger charge is 2.37. The van der Waals surface area contributed by atoms with E-state index in [0.717, 1.165) is 18.4 Å². The average molecular weight is 248 g/mol. The summed E-state index contributed by atoms with van der Waals surface area (Å²) in [6, 6.07) is 0. The summed E-state index contributed by atoms with van der Waals surface area (Å²) in [5.41, 5.74) is 2.67. The van der Waals surface area contributed by atoms with Gasteiger partial charge in [-0.15, -0.1) is 0 Å². The van der Waals surface area contributed by atoms with Crippen LogP contribution in [-0.2, 0) is 9.53 Å². The molecule has 3 atom stereocenters. The van der Waals surface area contributed by atoms with Crippen molar-refractivity contribution < 1.29 is 14.6 Å². The number of esters is 1. The van der Waals surface area contributed by atoms with Crippen molar-refractivity contribution in [3.8, 4) is 0 Å². The Morgan fingerprint density at radius 3 is 2.89 bits per heavy atom. The van der Waals surface area contributed by atoms with Crippen LogP contribution in [0.15, 0.2) is 35.5 Å².